The first kappa shape index (κ1) is 15.2. The highest BCUT2D eigenvalue weighted by Gasteiger charge is 2.18. The Morgan fingerprint density at radius 3 is 2.83 bits per heavy atom. The maximum atomic E-state index is 12.2. The van der Waals surface area contributed by atoms with E-state index in [0.717, 1.165) is 0 Å². The molecule has 1 amide bonds. The molecule has 100 valence electrons. The quantitative estimate of drug-likeness (QED) is 0.807. The Hall–Kier alpha value is -0.880. The number of pyridine rings is 1. The van der Waals surface area contributed by atoms with Gasteiger partial charge in [0.05, 0.1) is 23.8 Å². The first-order valence-electron chi connectivity index (χ1n) is 5.30. The molecule has 5 nitrogen and oxygen atoms in total. The van der Waals surface area contributed by atoms with E-state index < -0.39 is 0 Å². The molecule has 1 aromatic heterocycles. The van der Waals surface area contributed by atoms with E-state index in [4.69, 9.17) is 33.0 Å². The van der Waals surface area contributed by atoms with E-state index in [1.807, 2.05) is 0 Å². The fraction of sp³-hybridized carbons (Fsp3) is 0.455. The fourth-order valence-corrected chi connectivity index (χ4v) is 1.73. The van der Waals surface area contributed by atoms with Crippen molar-refractivity contribution in [3.63, 3.8) is 0 Å². The number of hydrogen-bond acceptors (Lipinski definition) is 4. The van der Waals surface area contributed by atoms with Gasteiger partial charge in [0, 0.05) is 26.4 Å². The molecule has 0 bridgehead atoms. The third-order valence-electron chi connectivity index (χ3n) is 2.27. The van der Waals surface area contributed by atoms with E-state index in [0.29, 0.717) is 13.2 Å². The number of carbonyl (C=O) groups is 1. The van der Waals surface area contributed by atoms with Gasteiger partial charge < -0.3 is 14.7 Å². The minimum absolute atomic E-state index is 0.133. The molecule has 7 heteroatoms. The van der Waals surface area contributed by atoms with E-state index in [-0.39, 0.29) is 34.8 Å². The number of aromatic nitrogens is 1. The number of hydrogen-bond donors (Lipinski definition) is 1. The normalized spacial score (nSPS) is 10.4. The van der Waals surface area contributed by atoms with Crippen LogP contribution in [0.15, 0.2) is 12.3 Å². The predicted octanol–water partition coefficient (Wildman–Crippen LogP) is 1.47. The number of aliphatic hydroxyl groups is 1. The fourth-order valence-electron chi connectivity index (χ4n) is 1.38. The summed E-state index contributed by atoms with van der Waals surface area (Å²) in [6, 6.07) is 1.41. The van der Waals surface area contributed by atoms with Crippen LogP contribution in [0.4, 0.5) is 0 Å². The third kappa shape index (κ3) is 4.10. The third-order valence-corrected chi connectivity index (χ3v) is 2.78. The van der Waals surface area contributed by atoms with Gasteiger partial charge in [0.15, 0.2) is 0 Å². The summed E-state index contributed by atoms with van der Waals surface area (Å²) in [7, 11) is 1.54. The van der Waals surface area contributed by atoms with Crippen molar-refractivity contribution in [2.45, 2.75) is 0 Å². The van der Waals surface area contributed by atoms with Crippen LogP contribution in [-0.2, 0) is 4.74 Å². The van der Waals surface area contributed by atoms with Gasteiger partial charge in [-0.2, -0.15) is 0 Å². The number of amides is 1. The standard InChI is InChI=1S/C11H14Cl2N2O3/c1-18-5-3-15(2-4-16)11(17)8-6-10(13)14-7-9(8)12/h6-7,16H,2-5H2,1H3. The van der Waals surface area contributed by atoms with Gasteiger partial charge in [-0.3, -0.25) is 4.79 Å². The van der Waals surface area contributed by atoms with E-state index in [1.54, 1.807) is 0 Å². The average Bonchev–Trinajstić information content (AvgIpc) is 2.36. The molecule has 0 aliphatic carbocycles. The number of rotatable bonds is 6. The minimum atomic E-state index is -0.310. The van der Waals surface area contributed by atoms with Gasteiger partial charge in [-0.05, 0) is 6.07 Å². The molecular weight excluding hydrogens is 279 g/mol. The molecule has 0 spiro atoms. The Morgan fingerprint density at radius 2 is 2.22 bits per heavy atom. The number of methoxy groups -OCH3 is 1. The number of carbonyl (C=O) groups excluding carboxylic acids is 1. The van der Waals surface area contributed by atoms with Crippen molar-refractivity contribution < 1.29 is 14.6 Å². The molecule has 1 aromatic rings. The van der Waals surface area contributed by atoms with Crippen molar-refractivity contribution in [2.24, 2.45) is 0 Å². The number of ether oxygens (including phenoxy) is 1. The lowest BCUT2D eigenvalue weighted by atomic mass is 10.2. The Morgan fingerprint density at radius 1 is 1.50 bits per heavy atom. The summed E-state index contributed by atoms with van der Waals surface area (Å²) < 4.78 is 4.91. The maximum Gasteiger partial charge on any atom is 0.255 e. The Bertz CT molecular complexity index is 415. The molecule has 18 heavy (non-hydrogen) atoms. The highest BCUT2D eigenvalue weighted by atomic mass is 35.5. The summed E-state index contributed by atoms with van der Waals surface area (Å²) in [6.07, 6.45) is 1.32. The summed E-state index contributed by atoms with van der Waals surface area (Å²) in [5.74, 6) is -0.310. The van der Waals surface area contributed by atoms with Crippen molar-refractivity contribution in [1.29, 1.82) is 0 Å². The number of nitrogens with zero attached hydrogens (tertiary/aromatic N) is 2. The molecule has 0 aliphatic heterocycles. The molecule has 0 atom stereocenters. The first-order valence-corrected chi connectivity index (χ1v) is 6.06. The van der Waals surface area contributed by atoms with Crippen LogP contribution in [0.2, 0.25) is 10.2 Å². The lowest BCUT2D eigenvalue weighted by Crippen LogP contribution is -2.36. The van der Waals surface area contributed by atoms with Crippen molar-refractivity contribution >= 4 is 29.1 Å². The zero-order chi connectivity index (χ0) is 13.5. The highest BCUT2D eigenvalue weighted by Crippen LogP contribution is 2.19. The van der Waals surface area contributed by atoms with Crippen LogP contribution in [0.5, 0.6) is 0 Å². The predicted molar refractivity (Wildman–Crippen MR) is 69.1 cm³/mol. The topological polar surface area (TPSA) is 62.7 Å². The van der Waals surface area contributed by atoms with Gasteiger partial charge in [-0.25, -0.2) is 4.98 Å². The second kappa shape index (κ2) is 7.53. The van der Waals surface area contributed by atoms with Crippen LogP contribution in [0, 0.1) is 0 Å². The van der Waals surface area contributed by atoms with Gasteiger partial charge in [0.1, 0.15) is 5.15 Å². The summed E-state index contributed by atoms with van der Waals surface area (Å²) in [5, 5.41) is 9.37. The molecule has 1 N–H and O–H groups in total. The van der Waals surface area contributed by atoms with Crippen LogP contribution >= 0.6 is 23.2 Å². The Balaban J connectivity index is 2.90. The van der Waals surface area contributed by atoms with Crippen molar-refractivity contribution in [2.75, 3.05) is 33.4 Å². The minimum Gasteiger partial charge on any atom is -0.395 e. The molecule has 0 saturated heterocycles. The van der Waals surface area contributed by atoms with Gasteiger partial charge in [-0.15, -0.1) is 0 Å². The summed E-state index contributed by atoms with van der Waals surface area (Å²) in [6.45, 7) is 0.818. The molecule has 0 unspecified atom stereocenters. The van der Waals surface area contributed by atoms with E-state index in [2.05, 4.69) is 4.98 Å². The van der Waals surface area contributed by atoms with Crippen molar-refractivity contribution in [1.82, 2.24) is 9.88 Å². The average molecular weight is 293 g/mol. The van der Waals surface area contributed by atoms with Crippen LogP contribution in [0.1, 0.15) is 10.4 Å². The number of halogens is 2. The molecule has 0 aliphatic rings. The van der Waals surface area contributed by atoms with Crippen LogP contribution in [0.25, 0.3) is 0 Å². The molecule has 0 saturated carbocycles. The zero-order valence-electron chi connectivity index (χ0n) is 9.90. The van der Waals surface area contributed by atoms with Crippen LogP contribution in [-0.4, -0.2) is 54.3 Å². The summed E-state index contributed by atoms with van der Waals surface area (Å²) >= 11 is 11.6. The molecular formula is C11H14Cl2N2O3. The Labute approximate surface area is 115 Å². The van der Waals surface area contributed by atoms with E-state index >= 15 is 0 Å². The molecule has 1 rings (SSSR count). The smallest absolute Gasteiger partial charge is 0.255 e. The van der Waals surface area contributed by atoms with Crippen molar-refractivity contribution in [3.8, 4) is 0 Å². The molecule has 0 fully saturated rings. The van der Waals surface area contributed by atoms with Gasteiger partial charge in [-0.1, -0.05) is 23.2 Å². The lowest BCUT2D eigenvalue weighted by Gasteiger charge is -2.21. The molecule has 1 heterocycles. The van der Waals surface area contributed by atoms with Gasteiger partial charge in [0.25, 0.3) is 5.91 Å². The summed E-state index contributed by atoms with van der Waals surface area (Å²) in [5.41, 5.74) is 0.265. The Kier molecular flexibility index (Phi) is 6.35. The number of aliphatic hydroxyl groups excluding tert-OH is 1. The highest BCUT2D eigenvalue weighted by molar-refractivity contribution is 6.35. The lowest BCUT2D eigenvalue weighted by molar-refractivity contribution is 0.0656. The second-order valence-electron chi connectivity index (χ2n) is 3.50. The molecule has 0 radical (unpaired) electrons. The molecule has 0 aromatic carbocycles. The first-order chi connectivity index (χ1) is 8.60. The van der Waals surface area contributed by atoms with Gasteiger partial charge >= 0.3 is 0 Å². The van der Waals surface area contributed by atoms with Crippen LogP contribution < -0.4 is 0 Å². The largest absolute Gasteiger partial charge is 0.395 e. The van der Waals surface area contributed by atoms with E-state index in [9.17, 15) is 4.79 Å². The SMILES string of the molecule is COCCN(CCO)C(=O)c1cc(Cl)ncc1Cl. The van der Waals surface area contributed by atoms with E-state index in [1.165, 1.54) is 24.3 Å². The van der Waals surface area contributed by atoms with Crippen molar-refractivity contribution in [3.05, 3.63) is 28.0 Å². The van der Waals surface area contributed by atoms with Gasteiger partial charge in [0.2, 0.25) is 0 Å². The monoisotopic (exact) mass is 292 g/mol. The zero-order valence-corrected chi connectivity index (χ0v) is 11.4. The second-order valence-corrected chi connectivity index (χ2v) is 4.29. The maximum absolute atomic E-state index is 12.2. The van der Waals surface area contributed by atoms with Crippen LogP contribution in [0.3, 0.4) is 0 Å². The summed E-state index contributed by atoms with van der Waals surface area (Å²) in [4.78, 5) is 17.4.